The average Bonchev–Trinajstić information content (AvgIpc) is 2.48. The molecule has 2 fully saturated rings. The van der Waals surface area contributed by atoms with Gasteiger partial charge in [-0.1, -0.05) is 34.1 Å². The summed E-state index contributed by atoms with van der Waals surface area (Å²) in [7, 11) is 6.54. The molecule has 2 rings (SSSR count). The number of hydrogen-bond donors (Lipinski definition) is 0. The quantitative estimate of drug-likeness (QED) is 0.672. The second kappa shape index (κ2) is 15.9. The van der Waals surface area contributed by atoms with Crippen LogP contribution in [0.25, 0.3) is 0 Å². The number of piperidine rings is 1. The first-order chi connectivity index (χ1) is 9.18. The molecule has 0 bridgehead atoms. The van der Waals surface area contributed by atoms with Crippen LogP contribution in [0.3, 0.4) is 0 Å². The maximum absolute atomic E-state index is 2.39. The highest BCUT2D eigenvalue weighted by atomic mass is 15.2. The zero-order valence-corrected chi connectivity index (χ0v) is 14.7. The van der Waals surface area contributed by atoms with E-state index in [4.69, 9.17) is 0 Å². The van der Waals surface area contributed by atoms with Gasteiger partial charge in [0.15, 0.2) is 0 Å². The number of nitrogens with zero attached hydrogens (tertiary/aromatic N) is 3. The van der Waals surface area contributed by atoms with E-state index < -0.39 is 0 Å². The molecule has 0 amide bonds. The van der Waals surface area contributed by atoms with Crippen molar-refractivity contribution in [1.82, 2.24) is 14.7 Å². The van der Waals surface area contributed by atoms with Gasteiger partial charge in [0.25, 0.3) is 0 Å². The highest BCUT2D eigenvalue weighted by Gasteiger charge is 2.07. The van der Waals surface area contributed by atoms with E-state index in [1.54, 1.807) is 0 Å². The lowest BCUT2D eigenvalue weighted by Crippen LogP contribution is -2.42. The van der Waals surface area contributed by atoms with E-state index in [2.05, 4.69) is 35.8 Å². The van der Waals surface area contributed by atoms with Gasteiger partial charge in [-0.2, -0.15) is 0 Å². The van der Waals surface area contributed by atoms with E-state index in [0.29, 0.717) is 0 Å². The fourth-order valence-electron chi connectivity index (χ4n) is 1.96. The molecule has 0 aromatic carbocycles. The van der Waals surface area contributed by atoms with Crippen LogP contribution >= 0.6 is 0 Å². The molecule has 0 N–H and O–H groups in total. The molecule has 2 aliphatic heterocycles. The minimum atomic E-state index is 1.23. The summed E-state index contributed by atoms with van der Waals surface area (Å²) in [5.41, 5.74) is 0. The minimum Gasteiger partial charge on any atom is -0.306 e. The van der Waals surface area contributed by atoms with E-state index in [1.807, 2.05) is 27.7 Å². The molecule has 0 aliphatic carbocycles. The van der Waals surface area contributed by atoms with Crippen molar-refractivity contribution in [3.63, 3.8) is 0 Å². The predicted molar refractivity (Wildman–Crippen MR) is 89.0 cm³/mol. The van der Waals surface area contributed by atoms with Gasteiger partial charge < -0.3 is 14.7 Å². The summed E-state index contributed by atoms with van der Waals surface area (Å²) in [6, 6.07) is 0. The summed E-state index contributed by atoms with van der Waals surface area (Å²) >= 11 is 0. The Hall–Kier alpha value is -0.120. The lowest BCUT2D eigenvalue weighted by molar-refractivity contribution is 0.181. The van der Waals surface area contributed by atoms with Crippen LogP contribution in [0, 0.1) is 0 Å². The van der Waals surface area contributed by atoms with E-state index in [9.17, 15) is 0 Å². The zero-order valence-electron chi connectivity index (χ0n) is 14.7. The van der Waals surface area contributed by atoms with Crippen molar-refractivity contribution >= 4 is 0 Å². The van der Waals surface area contributed by atoms with Crippen LogP contribution in [0.1, 0.15) is 47.0 Å². The molecule has 19 heavy (non-hydrogen) atoms. The van der Waals surface area contributed by atoms with Gasteiger partial charge in [0.05, 0.1) is 0 Å². The summed E-state index contributed by atoms with van der Waals surface area (Å²) in [5.74, 6) is 0. The Balaban J connectivity index is 0. The van der Waals surface area contributed by atoms with Crippen LogP contribution in [-0.2, 0) is 0 Å². The first-order valence-electron chi connectivity index (χ1n) is 8.24. The minimum absolute atomic E-state index is 1.23. The molecule has 0 atom stereocenters. The molecule has 0 spiro atoms. The number of likely N-dealkylation sites (tertiary alicyclic amines) is 1. The SMILES string of the molecule is CC.CC.CN1CCCCC1.CN1CCN(C)CC1. The number of rotatable bonds is 0. The lowest BCUT2D eigenvalue weighted by Gasteiger charge is -2.28. The van der Waals surface area contributed by atoms with Crippen molar-refractivity contribution < 1.29 is 0 Å². The first-order valence-corrected chi connectivity index (χ1v) is 8.24. The lowest BCUT2D eigenvalue weighted by atomic mass is 10.1. The molecular formula is C16H39N3. The Morgan fingerprint density at radius 1 is 0.421 bits per heavy atom. The molecule has 0 saturated carbocycles. The van der Waals surface area contributed by atoms with Crippen molar-refractivity contribution in [3.8, 4) is 0 Å². The van der Waals surface area contributed by atoms with Gasteiger partial charge in [-0.15, -0.1) is 0 Å². The molecule has 0 radical (unpaired) electrons. The van der Waals surface area contributed by atoms with Gasteiger partial charge in [0.2, 0.25) is 0 Å². The van der Waals surface area contributed by atoms with Crippen molar-refractivity contribution in [1.29, 1.82) is 0 Å². The Kier molecular flexibility index (Phi) is 17.8. The fourth-order valence-corrected chi connectivity index (χ4v) is 1.96. The van der Waals surface area contributed by atoms with Gasteiger partial charge in [-0.25, -0.2) is 0 Å². The Morgan fingerprint density at radius 2 is 0.684 bits per heavy atom. The Morgan fingerprint density at radius 3 is 0.895 bits per heavy atom. The Labute approximate surface area is 122 Å². The first kappa shape index (κ1) is 21.2. The molecule has 2 heterocycles. The molecular weight excluding hydrogens is 234 g/mol. The molecule has 3 heteroatoms. The van der Waals surface area contributed by atoms with Crippen LogP contribution in [0.4, 0.5) is 0 Å². The second-order valence-electron chi connectivity index (χ2n) is 4.97. The summed E-state index contributed by atoms with van der Waals surface area (Å²) in [6.07, 6.45) is 4.28. The summed E-state index contributed by atoms with van der Waals surface area (Å²) in [4.78, 5) is 7.11. The van der Waals surface area contributed by atoms with Gasteiger partial charge in [-0.05, 0) is 47.1 Å². The van der Waals surface area contributed by atoms with Crippen molar-refractivity contribution in [2.24, 2.45) is 0 Å². The normalized spacial score (nSPS) is 21.0. The topological polar surface area (TPSA) is 9.72 Å². The van der Waals surface area contributed by atoms with Crippen molar-refractivity contribution in [2.45, 2.75) is 47.0 Å². The molecule has 0 aromatic rings. The number of likely N-dealkylation sites (N-methyl/N-ethyl adjacent to an activating group) is 2. The highest BCUT2D eigenvalue weighted by molar-refractivity contribution is 4.64. The highest BCUT2D eigenvalue weighted by Crippen LogP contribution is 2.04. The number of piperazine rings is 1. The summed E-state index contributed by atoms with van der Waals surface area (Å²) in [5, 5.41) is 0. The maximum atomic E-state index is 2.39. The molecule has 2 saturated heterocycles. The van der Waals surface area contributed by atoms with Crippen molar-refractivity contribution in [2.75, 3.05) is 60.4 Å². The van der Waals surface area contributed by atoms with Crippen LogP contribution in [0.5, 0.6) is 0 Å². The van der Waals surface area contributed by atoms with Gasteiger partial charge in [0.1, 0.15) is 0 Å². The number of hydrogen-bond acceptors (Lipinski definition) is 3. The predicted octanol–water partition coefficient (Wildman–Crippen LogP) is 3.02. The van der Waals surface area contributed by atoms with Crippen LogP contribution in [-0.4, -0.2) is 75.1 Å². The van der Waals surface area contributed by atoms with Crippen LogP contribution in [0.15, 0.2) is 0 Å². The van der Waals surface area contributed by atoms with Crippen molar-refractivity contribution in [3.05, 3.63) is 0 Å². The van der Waals surface area contributed by atoms with E-state index in [1.165, 1.54) is 58.5 Å². The molecule has 0 unspecified atom stereocenters. The van der Waals surface area contributed by atoms with Gasteiger partial charge >= 0.3 is 0 Å². The smallest absolute Gasteiger partial charge is 0.0107 e. The van der Waals surface area contributed by atoms with Gasteiger partial charge in [-0.3, -0.25) is 0 Å². The Bertz CT molecular complexity index is 138. The fraction of sp³-hybridized carbons (Fsp3) is 1.00. The molecule has 3 nitrogen and oxygen atoms in total. The van der Waals surface area contributed by atoms with E-state index >= 15 is 0 Å². The molecule has 0 aromatic heterocycles. The largest absolute Gasteiger partial charge is 0.306 e. The van der Waals surface area contributed by atoms with E-state index in [-0.39, 0.29) is 0 Å². The molecule has 118 valence electrons. The van der Waals surface area contributed by atoms with Crippen LogP contribution in [0.2, 0.25) is 0 Å². The summed E-state index contributed by atoms with van der Waals surface area (Å²) < 4.78 is 0. The maximum Gasteiger partial charge on any atom is 0.0107 e. The average molecular weight is 274 g/mol. The zero-order chi connectivity index (χ0) is 15.1. The summed E-state index contributed by atoms with van der Waals surface area (Å²) in [6.45, 7) is 15.6. The van der Waals surface area contributed by atoms with Gasteiger partial charge in [0, 0.05) is 26.2 Å². The van der Waals surface area contributed by atoms with Crippen LogP contribution < -0.4 is 0 Å². The standard InChI is InChI=1S/C6H14N2.C6H13N.2C2H6/c1-7-3-5-8(2)6-4-7;1-7-5-3-2-4-6-7;2*1-2/h3-6H2,1-2H3;2-6H2,1H3;2*1-2H3. The third-order valence-electron chi connectivity index (χ3n) is 3.31. The third-order valence-corrected chi connectivity index (χ3v) is 3.31. The van der Waals surface area contributed by atoms with E-state index in [0.717, 1.165) is 0 Å². The third kappa shape index (κ3) is 14.1. The molecule has 2 aliphatic rings. The second-order valence-corrected chi connectivity index (χ2v) is 4.97. The monoisotopic (exact) mass is 273 g/mol.